The molecular weight excluding hydrogens is 381 g/mol. The third-order valence-corrected chi connectivity index (χ3v) is 6.30. The maximum absolute atomic E-state index is 6.50. The molecule has 0 unspecified atom stereocenters. The van der Waals surface area contributed by atoms with E-state index in [1.165, 1.54) is 15.4 Å². The van der Waals surface area contributed by atoms with E-state index >= 15 is 0 Å². The Labute approximate surface area is 169 Å². The van der Waals surface area contributed by atoms with Gasteiger partial charge in [-0.15, -0.1) is 0 Å². The number of anilines is 1. The molecule has 4 heteroatoms. The Balaban J connectivity index is 1.81. The van der Waals surface area contributed by atoms with Crippen LogP contribution in [0.4, 0.5) is 5.69 Å². The molecular formula is C22H21Cl2NS. The lowest BCUT2D eigenvalue weighted by Crippen LogP contribution is -2.04. The van der Waals surface area contributed by atoms with Crippen molar-refractivity contribution < 1.29 is 0 Å². The zero-order chi connectivity index (χ0) is 18.5. The minimum absolute atomic E-state index is 0.717. The van der Waals surface area contributed by atoms with Crippen LogP contribution in [-0.2, 0) is 13.0 Å². The predicted octanol–water partition coefficient (Wildman–Crippen LogP) is 7.63. The molecule has 3 aromatic rings. The number of rotatable bonds is 6. The molecule has 1 N–H and O–H groups in total. The Morgan fingerprint density at radius 2 is 1.65 bits per heavy atom. The van der Waals surface area contributed by atoms with Gasteiger partial charge in [-0.1, -0.05) is 78.3 Å². The molecule has 1 nitrogen and oxygen atoms in total. The molecule has 3 rings (SSSR count). The highest BCUT2D eigenvalue weighted by atomic mass is 35.5. The van der Waals surface area contributed by atoms with Gasteiger partial charge in [0.15, 0.2) is 0 Å². The fourth-order valence-corrected chi connectivity index (χ4v) is 4.52. The van der Waals surface area contributed by atoms with Crippen LogP contribution >= 0.6 is 35.0 Å². The molecule has 0 fully saturated rings. The molecule has 134 valence electrons. The SMILES string of the molecule is CCc1c(Cl)cc(NCc2ccccc2Sc2ccccc2)c(C)c1Cl. The molecule has 0 aliphatic carbocycles. The van der Waals surface area contributed by atoms with Gasteiger partial charge in [-0.3, -0.25) is 0 Å². The normalized spacial score (nSPS) is 10.8. The molecule has 0 aliphatic rings. The summed E-state index contributed by atoms with van der Waals surface area (Å²) in [5.41, 5.74) is 4.28. The summed E-state index contributed by atoms with van der Waals surface area (Å²) < 4.78 is 0. The molecule has 0 radical (unpaired) electrons. The molecule has 0 heterocycles. The van der Waals surface area contributed by atoms with Gasteiger partial charge in [0, 0.05) is 27.0 Å². The molecule has 0 spiro atoms. The second-order valence-corrected chi connectivity index (χ2v) is 7.95. The van der Waals surface area contributed by atoms with E-state index in [0.29, 0.717) is 0 Å². The first-order valence-corrected chi connectivity index (χ1v) is 10.2. The van der Waals surface area contributed by atoms with E-state index in [1.54, 1.807) is 11.8 Å². The van der Waals surface area contributed by atoms with Crippen molar-refractivity contribution in [3.05, 3.63) is 87.4 Å². The van der Waals surface area contributed by atoms with E-state index < -0.39 is 0 Å². The van der Waals surface area contributed by atoms with Gasteiger partial charge in [-0.05, 0) is 54.3 Å². The highest BCUT2D eigenvalue weighted by Crippen LogP contribution is 2.35. The van der Waals surface area contributed by atoms with Gasteiger partial charge in [0.2, 0.25) is 0 Å². The summed E-state index contributed by atoms with van der Waals surface area (Å²) >= 11 is 14.7. The number of hydrogen-bond donors (Lipinski definition) is 1. The van der Waals surface area contributed by atoms with Crippen molar-refractivity contribution in [1.29, 1.82) is 0 Å². The topological polar surface area (TPSA) is 12.0 Å². The zero-order valence-corrected chi connectivity index (χ0v) is 17.2. The summed E-state index contributed by atoms with van der Waals surface area (Å²) in [5, 5.41) is 4.98. The van der Waals surface area contributed by atoms with E-state index in [1.807, 2.05) is 19.1 Å². The van der Waals surface area contributed by atoms with Crippen molar-refractivity contribution in [3.63, 3.8) is 0 Å². The first-order chi connectivity index (χ1) is 12.6. The second-order valence-electron chi connectivity index (χ2n) is 6.05. The molecule has 0 aromatic heterocycles. The van der Waals surface area contributed by atoms with Crippen LogP contribution < -0.4 is 5.32 Å². The number of hydrogen-bond acceptors (Lipinski definition) is 2. The summed E-state index contributed by atoms with van der Waals surface area (Å²) in [6.07, 6.45) is 0.829. The van der Waals surface area contributed by atoms with Gasteiger partial charge in [-0.2, -0.15) is 0 Å². The Bertz CT molecular complexity index is 894. The standard InChI is InChI=1S/C22H21Cl2NS/c1-3-18-19(23)13-20(15(2)22(18)24)25-14-16-9-7-8-12-21(16)26-17-10-5-4-6-11-17/h4-13,25H,3,14H2,1-2H3. The molecule has 0 aliphatic heterocycles. The lowest BCUT2D eigenvalue weighted by molar-refractivity contribution is 1.08. The minimum atomic E-state index is 0.717. The Morgan fingerprint density at radius 3 is 2.38 bits per heavy atom. The maximum atomic E-state index is 6.50. The van der Waals surface area contributed by atoms with Crippen LogP contribution in [0.3, 0.4) is 0 Å². The molecule has 3 aromatic carbocycles. The van der Waals surface area contributed by atoms with E-state index in [2.05, 4.69) is 60.8 Å². The zero-order valence-electron chi connectivity index (χ0n) is 14.9. The molecule has 0 amide bonds. The highest BCUT2D eigenvalue weighted by molar-refractivity contribution is 7.99. The van der Waals surface area contributed by atoms with Crippen molar-refractivity contribution in [2.24, 2.45) is 0 Å². The van der Waals surface area contributed by atoms with Gasteiger partial charge < -0.3 is 5.32 Å². The third-order valence-electron chi connectivity index (χ3n) is 4.32. The van der Waals surface area contributed by atoms with Crippen molar-refractivity contribution in [2.75, 3.05) is 5.32 Å². The van der Waals surface area contributed by atoms with Crippen LogP contribution in [0, 0.1) is 6.92 Å². The molecule has 0 saturated carbocycles. The highest BCUT2D eigenvalue weighted by Gasteiger charge is 2.12. The first kappa shape index (κ1) is 19.2. The summed E-state index contributed by atoms with van der Waals surface area (Å²) in [4.78, 5) is 2.47. The van der Waals surface area contributed by atoms with Crippen molar-refractivity contribution in [2.45, 2.75) is 36.6 Å². The first-order valence-electron chi connectivity index (χ1n) is 8.62. The van der Waals surface area contributed by atoms with Crippen LogP contribution in [0.2, 0.25) is 10.0 Å². The Hall–Kier alpha value is -1.61. The van der Waals surface area contributed by atoms with Crippen molar-refractivity contribution in [1.82, 2.24) is 0 Å². The van der Waals surface area contributed by atoms with E-state index in [-0.39, 0.29) is 0 Å². The van der Waals surface area contributed by atoms with Crippen LogP contribution in [0.5, 0.6) is 0 Å². The average Bonchev–Trinajstić information content (AvgIpc) is 2.66. The molecule has 0 saturated heterocycles. The minimum Gasteiger partial charge on any atom is -0.381 e. The van der Waals surface area contributed by atoms with Crippen LogP contribution in [0.25, 0.3) is 0 Å². The van der Waals surface area contributed by atoms with E-state index in [4.69, 9.17) is 23.2 Å². The predicted molar refractivity (Wildman–Crippen MR) is 115 cm³/mol. The van der Waals surface area contributed by atoms with Gasteiger partial charge in [0.1, 0.15) is 0 Å². The van der Waals surface area contributed by atoms with Gasteiger partial charge in [-0.25, -0.2) is 0 Å². The number of halogens is 2. The lowest BCUT2D eigenvalue weighted by Gasteiger charge is -2.16. The fraction of sp³-hybridized carbons (Fsp3) is 0.182. The number of benzene rings is 3. The van der Waals surface area contributed by atoms with Gasteiger partial charge >= 0.3 is 0 Å². The second kappa shape index (κ2) is 8.85. The summed E-state index contributed by atoms with van der Waals surface area (Å²) in [7, 11) is 0. The van der Waals surface area contributed by atoms with Crippen LogP contribution in [0.15, 0.2) is 70.5 Å². The Kier molecular flexibility index (Phi) is 6.53. The van der Waals surface area contributed by atoms with Crippen molar-refractivity contribution >= 4 is 40.7 Å². The van der Waals surface area contributed by atoms with Crippen LogP contribution in [0.1, 0.15) is 23.6 Å². The fourth-order valence-electron chi connectivity index (χ4n) is 2.83. The smallest absolute Gasteiger partial charge is 0.0502 e. The van der Waals surface area contributed by atoms with Crippen molar-refractivity contribution in [3.8, 4) is 0 Å². The number of nitrogens with one attached hydrogen (secondary N) is 1. The molecule has 0 bridgehead atoms. The lowest BCUT2D eigenvalue weighted by atomic mass is 10.1. The maximum Gasteiger partial charge on any atom is 0.0502 e. The van der Waals surface area contributed by atoms with E-state index in [9.17, 15) is 0 Å². The van der Waals surface area contributed by atoms with E-state index in [0.717, 1.165) is 39.8 Å². The quantitative estimate of drug-likeness (QED) is 0.455. The average molecular weight is 402 g/mol. The monoisotopic (exact) mass is 401 g/mol. The largest absolute Gasteiger partial charge is 0.381 e. The third kappa shape index (κ3) is 4.37. The van der Waals surface area contributed by atoms with Gasteiger partial charge in [0.25, 0.3) is 0 Å². The molecule has 0 atom stereocenters. The summed E-state index contributed by atoms with van der Waals surface area (Å²) in [6.45, 7) is 4.82. The summed E-state index contributed by atoms with van der Waals surface area (Å²) in [6, 6.07) is 20.8. The van der Waals surface area contributed by atoms with Crippen LogP contribution in [-0.4, -0.2) is 0 Å². The summed E-state index contributed by atoms with van der Waals surface area (Å²) in [5.74, 6) is 0. The Morgan fingerprint density at radius 1 is 0.962 bits per heavy atom. The molecule has 26 heavy (non-hydrogen) atoms. The van der Waals surface area contributed by atoms with Gasteiger partial charge in [0.05, 0.1) is 5.02 Å².